The molecule has 1 aromatic rings. The Balaban J connectivity index is 3.58. The van der Waals surface area contributed by atoms with Crippen LogP contribution in [-0.4, -0.2) is 48.0 Å². The van der Waals surface area contributed by atoms with Crippen LogP contribution in [0.1, 0.15) is 80.2 Å². The molecule has 0 heterocycles. The number of carbonyl (C=O) groups excluding carboxylic acids is 3. The van der Waals surface area contributed by atoms with E-state index in [1.54, 1.807) is 34.6 Å². The molecule has 0 radical (unpaired) electrons. The summed E-state index contributed by atoms with van der Waals surface area (Å²) in [6.07, 6.45) is 0.0587. The number of rotatable bonds is 13. The largest absolute Gasteiger partial charge is 0.510 e. The van der Waals surface area contributed by atoms with Crippen molar-refractivity contribution in [3.05, 3.63) is 23.8 Å². The highest BCUT2D eigenvalue weighted by Gasteiger charge is 2.45. The third kappa shape index (κ3) is 8.45. The summed E-state index contributed by atoms with van der Waals surface area (Å²) >= 11 is 0. The van der Waals surface area contributed by atoms with E-state index in [0.29, 0.717) is 24.8 Å². The summed E-state index contributed by atoms with van der Waals surface area (Å²) in [7, 11) is 1.08. The van der Waals surface area contributed by atoms with Crippen LogP contribution in [0, 0.1) is 10.8 Å². The molecule has 208 valence electrons. The molecule has 0 aromatic heterocycles. The molecule has 0 saturated heterocycles. The van der Waals surface area contributed by atoms with Gasteiger partial charge in [0.1, 0.15) is 0 Å². The topological polar surface area (TPSA) is 137 Å². The molecule has 0 aliphatic carbocycles. The SMILES string of the molecule is CCC(C)N[C@@](Cc1ccc(OC(=O)C(C)(C)CC)c(OC(=O)C(C)(C)CC)c1)(OC(=O)OC)C(=O)O. The van der Waals surface area contributed by atoms with Gasteiger partial charge in [-0.2, -0.15) is 0 Å². The van der Waals surface area contributed by atoms with Crippen molar-refractivity contribution >= 4 is 24.1 Å². The van der Waals surface area contributed by atoms with Gasteiger partial charge in [0.25, 0.3) is 5.72 Å². The molecule has 0 bridgehead atoms. The molecular formula is C27H41NO9. The van der Waals surface area contributed by atoms with Crippen molar-refractivity contribution in [1.82, 2.24) is 5.32 Å². The number of carboxylic acid groups (broad SMARTS) is 1. The van der Waals surface area contributed by atoms with Crippen molar-refractivity contribution in [2.45, 2.75) is 92.8 Å². The van der Waals surface area contributed by atoms with Crippen molar-refractivity contribution in [3.63, 3.8) is 0 Å². The monoisotopic (exact) mass is 523 g/mol. The molecule has 0 fully saturated rings. The third-order valence-electron chi connectivity index (χ3n) is 6.60. The number of hydrogen-bond acceptors (Lipinski definition) is 9. The predicted octanol–water partition coefficient (Wildman–Crippen LogP) is 4.86. The van der Waals surface area contributed by atoms with Crippen LogP contribution in [-0.2, 0) is 30.3 Å². The smallest absolute Gasteiger partial charge is 0.477 e. The first-order valence-electron chi connectivity index (χ1n) is 12.4. The Labute approximate surface area is 219 Å². The zero-order valence-electron chi connectivity index (χ0n) is 23.4. The van der Waals surface area contributed by atoms with E-state index in [1.165, 1.54) is 18.2 Å². The number of benzene rings is 1. The van der Waals surface area contributed by atoms with Crippen molar-refractivity contribution in [1.29, 1.82) is 0 Å². The number of esters is 2. The molecule has 37 heavy (non-hydrogen) atoms. The van der Waals surface area contributed by atoms with Gasteiger partial charge in [-0.05, 0) is 71.6 Å². The van der Waals surface area contributed by atoms with E-state index in [0.717, 1.165) is 7.11 Å². The molecule has 1 unspecified atom stereocenters. The van der Waals surface area contributed by atoms with Crippen LogP contribution < -0.4 is 14.8 Å². The van der Waals surface area contributed by atoms with Gasteiger partial charge < -0.3 is 24.1 Å². The van der Waals surface area contributed by atoms with Crippen molar-refractivity contribution in [3.8, 4) is 11.5 Å². The normalized spacial score (nSPS) is 14.2. The lowest BCUT2D eigenvalue weighted by Crippen LogP contribution is -2.59. The van der Waals surface area contributed by atoms with Crippen molar-refractivity contribution in [2.75, 3.05) is 7.11 Å². The highest BCUT2D eigenvalue weighted by atomic mass is 16.7. The zero-order chi connectivity index (χ0) is 28.6. The van der Waals surface area contributed by atoms with E-state index in [2.05, 4.69) is 10.1 Å². The molecule has 10 nitrogen and oxygen atoms in total. The molecule has 0 aliphatic heterocycles. The lowest BCUT2D eigenvalue weighted by Gasteiger charge is -2.32. The minimum absolute atomic E-state index is 0.0141. The average Bonchev–Trinajstić information content (AvgIpc) is 2.84. The van der Waals surface area contributed by atoms with E-state index < -0.39 is 40.6 Å². The summed E-state index contributed by atoms with van der Waals surface area (Å²) < 4.78 is 21.0. The van der Waals surface area contributed by atoms with E-state index in [9.17, 15) is 24.3 Å². The second-order valence-electron chi connectivity index (χ2n) is 10.4. The number of aliphatic carboxylic acids is 1. The number of carboxylic acids is 1. The Morgan fingerprint density at radius 2 is 1.43 bits per heavy atom. The summed E-state index contributed by atoms with van der Waals surface area (Å²) in [4.78, 5) is 50.0. The molecule has 1 aromatic carbocycles. The Kier molecular flexibility index (Phi) is 11.1. The van der Waals surface area contributed by atoms with Crippen LogP contribution in [0.3, 0.4) is 0 Å². The lowest BCUT2D eigenvalue weighted by atomic mass is 9.90. The maximum absolute atomic E-state index is 12.9. The Morgan fingerprint density at radius 1 is 0.919 bits per heavy atom. The fraction of sp³-hybridized carbons (Fsp3) is 0.630. The van der Waals surface area contributed by atoms with Crippen molar-refractivity contribution in [2.24, 2.45) is 10.8 Å². The number of nitrogens with one attached hydrogen (secondary N) is 1. The number of methoxy groups -OCH3 is 1. The minimum atomic E-state index is -2.17. The fourth-order valence-corrected chi connectivity index (χ4v) is 2.86. The first kappa shape index (κ1) is 31.9. The van der Waals surface area contributed by atoms with Gasteiger partial charge >= 0.3 is 24.1 Å². The first-order valence-corrected chi connectivity index (χ1v) is 12.4. The fourth-order valence-electron chi connectivity index (χ4n) is 2.86. The molecule has 1 rings (SSSR count). The lowest BCUT2D eigenvalue weighted by molar-refractivity contribution is -0.166. The van der Waals surface area contributed by atoms with Crippen LogP contribution in [0.15, 0.2) is 18.2 Å². The maximum Gasteiger partial charge on any atom is 0.510 e. The van der Waals surface area contributed by atoms with Crippen LogP contribution in [0.4, 0.5) is 4.79 Å². The zero-order valence-corrected chi connectivity index (χ0v) is 23.4. The highest BCUT2D eigenvalue weighted by molar-refractivity contribution is 5.82. The molecule has 0 spiro atoms. The van der Waals surface area contributed by atoms with Crippen LogP contribution >= 0.6 is 0 Å². The number of ether oxygens (including phenoxy) is 4. The van der Waals surface area contributed by atoms with Gasteiger partial charge in [-0.15, -0.1) is 0 Å². The quantitative estimate of drug-likeness (QED) is 0.209. The Hall–Kier alpha value is -3.14. The molecular weight excluding hydrogens is 482 g/mol. The number of hydrogen-bond donors (Lipinski definition) is 2. The van der Waals surface area contributed by atoms with Crippen LogP contribution in [0.5, 0.6) is 11.5 Å². The predicted molar refractivity (Wildman–Crippen MR) is 136 cm³/mol. The highest BCUT2D eigenvalue weighted by Crippen LogP contribution is 2.35. The average molecular weight is 524 g/mol. The number of carbonyl (C=O) groups is 4. The van der Waals surface area contributed by atoms with Gasteiger partial charge in [0, 0.05) is 12.5 Å². The first-order chi connectivity index (χ1) is 17.1. The molecule has 0 saturated carbocycles. The summed E-state index contributed by atoms with van der Waals surface area (Å²) in [5.41, 5.74) is -3.43. The molecule has 2 atom stereocenters. The Bertz CT molecular complexity index is 986. The van der Waals surface area contributed by atoms with Gasteiger partial charge in [0.15, 0.2) is 11.5 Å². The van der Waals surface area contributed by atoms with Gasteiger partial charge in [-0.3, -0.25) is 14.9 Å². The Morgan fingerprint density at radius 3 is 1.86 bits per heavy atom. The molecule has 10 heteroatoms. The van der Waals surface area contributed by atoms with E-state index >= 15 is 0 Å². The van der Waals surface area contributed by atoms with Crippen LogP contribution in [0.2, 0.25) is 0 Å². The van der Waals surface area contributed by atoms with Crippen LogP contribution in [0.25, 0.3) is 0 Å². The van der Waals surface area contributed by atoms with Gasteiger partial charge in [-0.1, -0.05) is 26.8 Å². The summed E-state index contributed by atoms with van der Waals surface area (Å²) in [6, 6.07) is 4.01. The summed E-state index contributed by atoms with van der Waals surface area (Å²) in [5.74, 6) is -2.54. The second kappa shape index (κ2) is 12.9. The minimum Gasteiger partial charge on any atom is -0.477 e. The van der Waals surface area contributed by atoms with E-state index in [4.69, 9.17) is 14.2 Å². The maximum atomic E-state index is 12.9. The molecule has 0 aliphatic rings. The van der Waals surface area contributed by atoms with E-state index in [1.807, 2.05) is 20.8 Å². The molecule has 2 N–H and O–H groups in total. The van der Waals surface area contributed by atoms with Gasteiger partial charge in [-0.25, -0.2) is 9.59 Å². The third-order valence-corrected chi connectivity index (χ3v) is 6.60. The van der Waals surface area contributed by atoms with E-state index in [-0.39, 0.29) is 24.0 Å². The second-order valence-corrected chi connectivity index (χ2v) is 10.4. The van der Waals surface area contributed by atoms with Crippen molar-refractivity contribution < 1.29 is 43.2 Å². The summed E-state index contributed by atoms with van der Waals surface area (Å²) in [5, 5.41) is 12.9. The summed E-state index contributed by atoms with van der Waals surface area (Å²) in [6.45, 7) is 14.2. The standard InChI is InChI=1S/C27H41NO9/c1-10-17(4)28-27(21(29)30,37-24(33)34-9)16-18-13-14-19(35-22(31)25(5,6)11-2)20(15-18)36-23(32)26(7,8)12-3/h13-15,17,28H,10-12,16H2,1-9H3,(H,29,30)/t17?,27-/m0/s1. The van der Waals surface area contributed by atoms with Gasteiger partial charge in [0.2, 0.25) is 0 Å². The molecule has 0 amide bonds. The van der Waals surface area contributed by atoms with Gasteiger partial charge in [0.05, 0.1) is 17.9 Å².